The highest BCUT2D eigenvalue weighted by Crippen LogP contribution is 2.24. The Morgan fingerprint density at radius 3 is 2.88 bits per heavy atom. The van der Waals surface area contributed by atoms with E-state index < -0.39 is 0 Å². The van der Waals surface area contributed by atoms with Crippen LogP contribution in [0.5, 0.6) is 0 Å². The van der Waals surface area contributed by atoms with Crippen LogP contribution >= 0.6 is 0 Å². The molecule has 4 rings (SSSR count). The second-order valence-electron chi connectivity index (χ2n) is 6.96. The van der Waals surface area contributed by atoms with Gasteiger partial charge in [0, 0.05) is 24.7 Å². The van der Waals surface area contributed by atoms with E-state index in [1.165, 1.54) is 10.9 Å². The monoisotopic (exact) mass is 346 g/mol. The number of likely N-dealkylation sites (tertiary alicyclic amines) is 1. The van der Waals surface area contributed by atoms with Gasteiger partial charge in [0.2, 0.25) is 0 Å². The van der Waals surface area contributed by atoms with Crippen molar-refractivity contribution in [3.05, 3.63) is 66.1 Å². The number of nitrogens with zero attached hydrogens (tertiary/aromatic N) is 4. The van der Waals surface area contributed by atoms with Crippen LogP contribution in [-0.4, -0.2) is 39.1 Å². The van der Waals surface area contributed by atoms with Crippen LogP contribution in [0.2, 0.25) is 0 Å². The fraction of sp³-hybridized carbons (Fsp3) is 0.333. The maximum atomic E-state index is 12.6. The van der Waals surface area contributed by atoms with Gasteiger partial charge in [-0.1, -0.05) is 18.2 Å². The first kappa shape index (κ1) is 16.6. The van der Waals surface area contributed by atoms with E-state index in [0.29, 0.717) is 11.5 Å². The van der Waals surface area contributed by atoms with Gasteiger partial charge >= 0.3 is 0 Å². The predicted molar refractivity (Wildman–Crippen MR) is 101 cm³/mol. The van der Waals surface area contributed by atoms with E-state index in [1.54, 1.807) is 18.5 Å². The number of carbonyl (C=O) groups excluding carboxylic acids is 1. The number of aromatic nitrogens is 3. The Kier molecular flexibility index (Phi) is 4.86. The summed E-state index contributed by atoms with van der Waals surface area (Å²) in [7, 11) is 0. The van der Waals surface area contributed by atoms with Gasteiger partial charge in [-0.05, 0) is 55.4 Å². The number of amides is 1. The maximum Gasteiger partial charge on any atom is 0.255 e. The van der Waals surface area contributed by atoms with E-state index in [9.17, 15) is 4.79 Å². The third-order valence-electron chi connectivity index (χ3n) is 5.14. The minimum atomic E-state index is 0.0629. The zero-order valence-electron chi connectivity index (χ0n) is 14.7. The molecule has 132 valence electrons. The highest BCUT2D eigenvalue weighted by Gasteiger charge is 2.22. The highest BCUT2D eigenvalue weighted by atomic mass is 16.2. The van der Waals surface area contributed by atoms with Crippen LogP contribution < -0.4 is 0 Å². The van der Waals surface area contributed by atoms with Crippen molar-refractivity contribution >= 4 is 16.8 Å². The van der Waals surface area contributed by atoms with Crippen LogP contribution in [0, 0.1) is 5.92 Å². The van der Waals surface area contributed by atoms with E-state index in [1.807, 2.05) is 23.2 Å². The lowest BCUT2D eigenvalue weighted by Crippen LogP contribution is -2.32. The van der Waals surface area contributed by atoms with Crippen molar-refractivity contribution in [1.29, 1.82) is 0 Å². The molecule has 3 heterocycles. The number of benzene rings is 1. The predicted octanol–water partition coefficient (Wildman–Crippen LogP) is 3.51. The summed E-state index contributed by atoms with van der Waals surface area (Å²) in [5.41, 5.74) is 2.95. The molecule has 1 fully saturated rings. The molecule has 2 aromatic heterocycles. The Hall–Kier alpha value is -2.82. The van der Waals surface area contributed by atoms with E-state index in [2.05, 4.69) is 33.4 Å². The van der Waals surface area contributed by atoms with Crippen molar-refractivity contribution in [3.8, 4) is 0 Å². The lowest BCUT2D eigenvalue weighted by atomic mass is 9.93. The molecule has 1 amide bonds. The largest absolute Gasteiger partial charge is 0.339 e. The molecule has 0 saturated carbocycles. The minimum absolute atomic E-state index is 0.0629. The molecule has 26 heavy (non-hydrogen) atoms. The van der Waals surface area contributed by atoms with Gasteiger partial charge in [-0.3, -0.25) is 9.78 Å². The second-order valence-corrected chi connectivity index (χ2v) is 6.96. The summed E-state index contributed by atoms with van der Waals surface area (Å²) in [6.07, 6.45) is 9.35. The van der Waals surface area contributed by atoms with Crippen LogP contribution in [0.4, 0.5) is 0 Å². The SMILES string of the molecule is O=C(c1ccnnc1)N1CCC[C@@H](Cc2cnc3ccccc3c2)CC1. The van der Waals surface area contributed by atoms with Crippen molar-refractivity contribution in [1.82, 2.24) is 20.1 Å². The Labute approximate surface area is 153 Å². The highest BCUT2D eigenvalue weighted by molar-refractivity contribution is 5.93. The van der Waals surface area contributed by atoms with E-state index in [4.69, 9.17) is 0 Å². The molecule has 1 atom stereocenters. The van der Waals surface area contributed by atoms with Crippen LogP contribution in [0.15, 0.2) is 55.0 Å². The average molecular weight is 346 g/mol. The van der Waals surface area contributed by atoms with Gasteiger partial charge in [0.25, 0.3) is 5.91 Å². The third kappa shape index (κ3) is 3.72. The van der Waals surface area contributed by atoms with Gasteiger partial charge in [-0.25, -0.2) is 0 Å². The number of carbonyl (C=O) groups is 1. The van der Waals surface area contributed by atoms with Crippen LogP contribution in [0.3, 0.4) is 0 Å². The van der Waals surface area contributed by atoms with E-state index in [0.717, 1.165) is 44.3 Å². The molecule has 1 aliphatic heterocycles. The first-order valence-corrected chi connectivity index (χ1v) is 9.19. The fourth-order valence-electron chi connectivity index (χ4n) is 3.73. The normalized spacial score (nSPS) is 17.8. The van der Waals surface area contributed by atoms with Gasteiger partial charge in [0.1, 0.15) is 0 Å². The van der Waals surface area contributed by atoms with Gasteiger partial charge in [0.05, 0.1) is 23.5 Å². The second kappa shape index (κ2) is 7.60. The zero-order valence-corrected chi connectivity index (χ0v) is 14.7. The standard InChI is InChI=1S/C21H22N4O/c26-21(19-7-9-23-24-15-19)25-10-3-4-16(8-11-25)12-17-13-18-5-1-2-6-20(18)22-14-17/h1-2,5-7,9,13-16H,3-4,8,10-12H2/t16-/m1/s1. The number of pyridine rings is 1. The Morgan fingerprint density at radius 2 is 2.00 bits per heavy atom. The molecule has 1 aliphatic rings. The quantitative estimate of drug-likeness (QED) is 0.728. The molecule has 5 nitrogen and oxygen atoms in total. The lowest BCUT2D eigenvalue weighted by molar-refractivity contribution is 0.0759. The van der Waals surface area contributed by atoms with Crippen LogP contribution in [-0.2, 0) is 6.42 Å². The molecular formula is C21H22N4O. The lowest BCUT2D eigenvalue weighted by Gasteiger charge is -2.20. The van der Waals surface area contributed by atoms with Gasteiger partial charge in [0.15, 0.2) is 0 Å². The summed E-state index contributed by atoms with van der Waals surface area (Å²) in [4.78, 5) is 19.1. The van der Waals surface area contributed by atoms with Gasteiger partial charge < -0.3 is 4.90 Å². The summed E-state index contributed by atoms with van der Waals surface area (Å²) < 4.78 is 0. The summed E-state index contributed by atoms with van der Waals surface area (Å²) in [5.74, 6) is 0.652. The first-order chi connectivity index (χ1) is 12.8. The Morgan fingerprint density at radius 1 is 1.08 bits per heavy atom. The van der Waals surface area contributed by atoms with Crippen molar-refractivity contribution in [2.75, 3.05) is 13.1 Å². The van der Waals surface area contributed by atoms with Crippen molar-refractivity contribution < 1.29 is 4.79 Å². The minimum Gasteiger partial charge on any atom is -0.339 e. The maximum absolute atomic E-state index is 12.6. The molecule has 1 aromatic carbocycles. The molecule has 1 saturated heterocycles. The number of rotatable bonds is 3. The Balaban J connectivity index is 1.41. The van der Waals surface area contributed by atoms with Crippen molar-refractivity contribution in [3.63, 3.8) is 0 Å². The molecule has 0 spiro atoms. The number of para-hydroxylation sites is 1. The topological polar surface area (TPSA) is 59.0 Å². The fourth-order valence-corrected chi connectivity index (χ4v) is 3.73. The summed E-state index contributed by atoms with van der Waals surface area (Å²) >= 11 is 0. The molecule has 0 radical (unpaired) electrons. The summed E-state index contributed by atoms with van der Waals surface area (Å²) in [6.45, 7) is 1.61. The molecule has 5 heteroatoms. The summed E-state index contributed by atoms with van der Waals surface area (Å²) in [5, 5.41) is 8.76. The number of hydrogen-bond acceptors (Lipinski definition) is 4. The molecule has 0 bridgehead atoms. The van der Waals surface area contributed by atoms with Crippen LogP contribution in [0.25, 0.3) is 10.9 Å². The smallest absolute Gasteiger partial charge is 0.255 e. The third-order valence-corrected chi connectivity index (χ3v) is 5.14. The van der Waals surface area contributed by atoms with Gasteiger partial charge in [-0.15, -0.1) is 0 Å². The molecule has 3 aromatic rings. The zero-order chi connectivity index (χ0) is 17.8. The van der Waals surface area contributed by atoms with Crippen molar-refractivity contribution in [2.24, 2.45) is 5.92 Å². The van der Waals surface area contributed by atoms with Crippen LogP contribution in [0.1, 0.15) is 35.2 Å². The van der Waals surface area contributed by atoms with Crippen molar-refractivity contribution in [2.45, 2.75) is 25.7 Å². The molecule has 0 aliphatic carbocycles. The first-order valence-electron chi connectivity index (χ1n) is 9.19. The molecule has 0 N–H and O–H groups in total. The average Bonchev–Trinajstić information content (AvgIpc) is 2.93. The molecular weight excluding hydrogens is 324 g/mol. The van der Waals surface area contributed by atoms with Gasteiger partial charge in [-0.2, -0.15) is 10.2 Å². The number of fused-ring (bicyclic) bond motifs is 1. The Bertz CT molecular complexity index is 897. The number of hydrogen-bond donors (Lipinski definition) is 0. The summed E-state index contributed by atoms with van der Waals surface area (Å²) in [6, 6.07) is 12.2. The van der Waals surface area contributed by atoms with E-state index >= 15 is 0 Å². The van der Waals surface area contributed by atoms with E-state index in [-0.39, 0.29) is 5.91 Å². The molecule has 0 unspecified atom stereocenters.